The van der Waals surface area contributed by atoms with Crippen LogP contribution in [0.1, 0.15) is 31.5 Å². The summed E-state index contributed by atoms with van der Waals surface area (Å²) >= 11 is 0. The van der Waals surface area contributed by atoms with Gasteiger partial charge in [-0.2, -0.15) is 0 Å². The van der Waals surface area contributed by atoms with Gasteiger partial charge in [0, 0.05) is 13.5 Å². The molecule has 2 unspecified atom stereocenters. The zero-order valence-electron chi connectivity index (χ0n) is 9.89. The first-order chi connectivity index (χ1) is 7.65. The van der Waals surface area contributed by atoms with Gasteiger partial charge in [0.2, 0.25) is 11.8 Å². The first kappa shape index (κ1) is 11.5. The molecule has 0 aromatic carbocycles. The van der Waals surface area contributed by atoms with E-state index in [1.807, 2.05) is 6.92 Å². The number of nitrogens with zero attached hydrogens (tertiary/aromatic N) is 3. The summed E-state index contributed by atoms with van der Waals surface area (Å²) in [5.74, 6) is 1.65. The molecule has 1 aromatic heterocycles. The lowest BCUT2D eigenvalue weighted by molar-refractivity contribution is 0.0564. The van der Waals surface area contributed by atoms with Crippen molar-refractivity contribution in [3.05, 3.63) is 11.8 Å². The Morgan fingerprint density at radius 2 is 2.38 bits per heavy atom. The molecule has 2 heterocycles. The summed E-state index contributed by atoms with van der Waals surface area (Å²) in [6.07, 6.45) is 2.01. The highest BCUT2D eigenvalue weighted by molar-refractivity contribution is 4.83. The number of aliphatic hydroxyl groups is 1. The maximum absolute atomic E-state index is 9.59. The molecule has 1 aromatic rings. The Hall–Kier alpha value is -0.940. The third-order valence-corrected chi connectivity index (χ3v) is 3.15. The van der Waals surface area contributed by atoms with Gasteiger partial charge in [0.1, 0.15) is 0 Å². The zero-order valence-corrected chi connectivity index (χ0v) is 9.89. The average Bonchev–Trinajstić information content (AvgIpc) is 2.64. The van der Waals surface area contributed by atoms with Gasteiger partial charge < -0.3 is 9.52 Å². The normalized spacial score (nSPS) is 24.6. The molecule has 5 nitrogen and oxygen atoms in total. The van der Waals surface area contributed by atoms with E-state index in [1.165, 1.54) is 0 Å². The van der Waals surface area contributed by atoms with Crippen molar-refractivity contribution < 1.29 is 9.52 Å². The van der Waals surface area contributed by atoms with Gasteiger partial charge in [-0.3, -0.25) is 4.90 Å². The van der Waals surface area contributed by atoms with Gasteiger partial charge in [-0.05, 0) is 32.2 Å². The standard InChI is InChI=1S/C11H19N3O2/c1-8(15)10-4-3-5-14(6-10)7-11-13-12-9(2)16-11/h8,10,15H,3-7H2,1-2H3. The summed E-state index contributed by atoms with van der Waals surface area (Å²) in [5, 5.41) is 17.4. The van der Waals surface area contributed by atoms with Crippen LogP contribution in [0, 0.1) is 12.8 Å². The van der Waals surface area contributed by atoms with E-state index in [9.17, 15) is 5.11 Å². The van der Waals surface area contributed by atoms with Crippen LogP contribution in [0.4, 0.5) is 0 Å². The van der Waals surface area contributed by atoms with Crippen LogP contribution >= 0.6 is 0 Å². The van der Waals surface area contributed by atoms with Gasteiger partial charge in [-0.15, -0.1) is 10.2 Å². The zero-order chi connectivity index (χ0) is 11.5. The van der Waals surface area contributed by atoms with Crippen molar-refractivity contribution in [3.8, 4) is 0 Å². The Labute approximate surface area is 95.5 Å². The Morgan fingerprint density at radius 1 is 1.56 bits per heavy atom. The Morgan fingerprint density at radius 3 is 3.00 bits per heavy atom. The number of rotatable bonds is 3. The third kappa shape index (κ3) is 2.80. The monoisotopic (exact) mass is 225 g/mol. The molecular weight excluding hydrogens is 206 g/mol. The van der Waals surface area contributed by atoms with Crippen LogP contribution in [-0.4, -0.2) is 39.4 Å². The molecular formula is C11H19N3O2. The van der Waals surface area contributed by atoms with Crippen LogP contribution in [0.3, 0.4) is 0 Å². The number of likely N-dealkylation sites (tertiary alicyclic amines) is 1. The van der Waals surface area contributed by atoms with E-state index in [4.69, 9.17) is 4.42 Å². The fourth-order valence-electron chi connectivity index (χ4n) is 2.22. The number of aliphatic hydroxyl groups excluding tert-OH is 1. The van der Waals surface area contributed by atoms with Gasteiger partial charge in [0.15, 0.2) is 0 Å². The second-order valence-electron chi connectivity index (χ2n) is 4.59. The number of aryl methyl sites for hydroxylation is 1. The molecule has 0 bridgehead atoms. The van der Waals surface area contributed by atoms with Crippen molar-refractivity contribution in [2.24, 2.45) is 5.92 Å². The second-order valence-corrected chi connectivity index (χ2v) is 4.59. The summed E-state index contributed by atoms with van der Waals surface area (Å²) < 4.78 is 5.36. The van der Waals surface area contributed by atoms with Gasteiger partial charge in [0.05, 0.1) is 12.6 Å². The molecule has 1 aliphatic heterocycles. The van der Waals surface area contributed by atoms with Crippen molar-refractivity contribution in [2.75, 3.05) is 13.1 Å². The number of piperidine rings is 1. The van der Waals surface area contributed by atoms with Crippen LogP contribution in [-0.2, 0) is 6.54 Å². The van der Waals surface area contributed by atoms with Gasteiger partial charge in [-0.25, -0.2) is 0 Å². The van der Waals surface area contributed by atoms with Crippen molar-refractivity contribution in [2.45, 2.75) is 39.3 Å². The molecule has 2 rings (SSSR count). The number of hydrogen-bond donors (Lipinski definition) is 1. The second kappa shape index (κ2) is 4.93. The molecule has 1 N–H and O–H groups in total. The Balaban J connectivity index is 1.90. The van der Waals surface area contributed by atoms with E-state index < -0.39 is 0 Å². The maximum atomic E-state index is 9.59. The minimum atomic E-state index is -0.229. The van der Waals surface area contributed by atoms with E-state index in [2.05, 4.69) is 15.1 Å². The first-order valence-electron chi connectivity index (χ1n) is 5.84. The third-order valence-electron chi connectivity index (χ3n) is 3.15. The highest BCUT2D eigenvalue weighted by Crippen LogP contribution is 2.20. The maximum Gasteiger partial charge on any atom is 0.230 e. The van der Waals surface area contributed by atoms with Crippen LogP contribution in [0.15, 0.2) is 4.42 Å². The van der Waals surface area contributed by atoms with Crippen molar-refractivity contribution in [1.82, 2.24) is 15.1 Å². The van der Waals surface area contributed by atoms with Gasteiger partial charge >= 0.3 is 0 Å². The van der Waals surface area contributed by atoms with E-state index in [-0.39, 0.29) is 6.10 Å². The molecule has 0 aliphatic carbocycles. The topological polar surface area (TPSA) is 62.4 Å². The molecule has 2 atom stereocenters. The van der Waals surface area contributed by atoms with Crippen molar-refractivity contribution in [1.29, 1.82) is 0 Å². The van der Waals surface area contributed by atoms with Crippen LogP contribution in [0.5, 0.6) is 0 Å². The quantitative estimate of drug-likeness (QED) is 0.830. The van der Waals surface area contributed by atoms with E-state index in [0.717, 1.165) is 25.9 Å². The first-order valence-corrected chi connectivity index (χ1v) is 5.84. The molecule has 5 heteroatoms. The largest absolute Gasteiger partial charge is 0.424 e. The Kier molecular flexibility index (Phi) is 3.56. The minimum absolute atomic E-state index is 0.229. The molecule has 0 saturated carbocycles. The number of aromatic nitrogens is 2. The molecule has 0 amide bonds. The van der Waals surface area contributed by atoms with E-state index in [0.29, 0.717) is 24.2 Å². The fourth-order valence-corrected chi connectivity index (χ4v) is 2.22. The number of hydrogen-bond acceptors (Lipinski definition) is 5. The van der Waals surface area contributed by atoms with Crippen LogP contribution in [0.25, 0.3) is 0 Å². The molecule has 90 valence electrons. The SMILES string of the molecule is Cc1nnc(CN2CCCC(C(C)O)C2)o1. The molecule has 0 spiro atoms. The van der Waals surface area contributed by atoms with Gasteiger partial charge in [-0.1, -0.05) is 0 Å². The summed E-state index contributed by atoms with van der Waals surface area (Å²) in [7, 11) is 0. The van der Waals surface area contributed by atoms with Crippen LogP contribution in [0.2, 0.25) is 0 Å². The molecule has 16 heavy (non-hydrogen) atoms. The van der Waals surface area contributed by atoms with Gasteiger partial charge in [0.25, 0.3) is 0 Å². The summed E-state index contributed by atoms with van der Waals surface area (Å²) in [6, 6.07) is 0. The predicted octanol–water partition coefficient (Wildman–Crippen LogP) is 0.971. The predicted molar refractivity (Wildman–Crippen MR) is 58.7 cm³/mol. The lowest BCUT2D eigenvalue weighted by atomic mass is 9.93. The highest BCUT2D eigenvalue weighted by atomic mass is 16.4. The van der Waals surface area contributed by atoms with E-state index in [1.54, 1.807) is 6.92 Å². The molecule has 1 saturated heterocycles. The lowest BCUT2D eigenvalue weighted by Crippen LogP contribution is -2.39. The van der Waals surface area contributed by atoms with Crippen molar-refractivity contribution in [3.63, 3.8) is 0 Å². The van der Waals surface area contributed by atoms with E-state index >= 15 is 0 Å². The lowest BCUT2D eigenvalue weighted by Gasteiger charge is -2.33. The van der Waals surface area contributed by atoms with Crippen LogP contribution < -0.4 is 0 Å². The summed E-state index contributed by atoms with van der Waals surface area (Å²) in [4.78, 5) is 2.27. The summed E-state index contributed by atoms with van der Waals surface area (Å²) in [5.41, 5.74) is 0. The average molecular weight is 225 g/mol. The molecule has 0 radical (unpaired) electrons. The highest BCUT2D eigenvalue weighted by Gasteiger charge is 2.24. The van der Waals surface area contributed by atoms with Crippen molar-refractivity contribution >= 4 is 0 Å². The Bertz CT molecular complexity index is 338. The smallest absolute Gasteiger partial charge is 0.230 e. The molecule has 1 fully saturated rings. The molecule has 1 aliphatic rings. The minimum Gasteiger partial charge on any atom is -0.424 e. The summed E-state index contributed by atoms with van der Waals surface area (Å²) in [6.45, 7) is 6.32. The fraction of sp³-hybridized carbons (Fsp3) is 0.818.